The molecule has 0 spiro atoms. The van der Waals surface area contributed by atoms with E-state index in [1.165, 1.54) is 0 Å². The van der Waals surface area contributed by atoms with E-state index in [2.05, 4.69) is 4.98 Å². The Bertz CT molecular complexity index is 497. The van der Waals surface area contributed by atoms with Crippen molar-refractivity contribution in [1.82, 2.24) is 4.98 Å². The molecule has 0 amide bonds. The minimum absolute atomic E-state index is 0.0667. The summed E-state index contributed by atoms with van der Waals surface area (Å²) in [5.41, 5.74) is 9.26. The lowest BCUT2D eigenvalue weighted by atomic mass is 10.0. The third-order valence-corrected chi connectivity index (χ3v) is 3.19. The number of aromatic nitrogens is 1. The molecule has 2 nitrogen and oxygen atoms in total. The molecule has 1 heterocycles. The van der Waals surface area contributed by atoms with Gasteiger partial charge < -0.3 is 5.73 Å². The molecule has 1 unspecified atom stereocenters. The first kappa shape index (κ1) is 12.1. The van der Waals surface area contributed by atoms with Crippen LogP contribution in [0.3, 0.4) is 0 Å². The van der Waals surface area contributed by atoms with E-state index in [9.17, 15) is 0 Å². The number of aryl methyl sites for hydroxylation is 1. The van der Waals surface area contributed by atoms with Crippen LogP contribution in [0, 0.1) is 6.92 Å². The van der Waals surface area contributed by atoms with Crippen LogP contribution in [0.1, 0.15) is 22.9 Å². The van der Waals surface area contributed by atoms with Gasteiger partial charge in [-0.15, -0.1) is 0 Å². The van der Waals surface area contributed by atoms with Crippen LogP contribution in [0.4, 0.5) is 0 Å². The first-order valence-corrected chi connectivity index (χ1v) is 5.96. The molecular formula is C14H15ClN2. The minimum atomic E-state index is -0.0667. The standard InChI is InChI=1S/C14H15ClN2/c1-10-5-6-11(8-13(10)15)14(16)9-12-4-2-3-7-17-12/h2-8,14H,9,16H2,1H3. The monoisotopic (exact) mass is 246 g/mol. The van der Waals surface area contributed by atoms with Crippen molar-refractivity contribution in [2.45, 2.75) is 19.4 Å². The van der Waals surface area contributed by atoms with Gasteiger partial charge in [-0.2, -0.15) is 0 Å². The average molecular weight is 247 g/mol. The van der Waals surface area contributed by atoms with Crippen molar-refractivity contribution in [2.24, 2.45) is 5.73 Å². The number of hydrogen-bond acceptors (Lipinski definition) is 2. The molecule has 0 fully saturated rings. The van der Waals surface area contributed by atoms with Crippen LogP contribution < -0.4 is 5.73 Å². The van der Waals surface area contributed by atoms with E-state index >= 15 is 0 Å². The Morgan fingerprint density at radius 3 is 2.76 bits per heavy atom. The fourth-order valence-corrected chi connectivity index (χ4v) is 1.89. The molecule has 17 heavy (non-hydrogen) atoms. The van der Waals surface area contributed by atoms with Gasteiger partial charge in [-0.3, -0.25) is 4.98 Å². The maximum absolute atomic E-state index is 6.15. The molecule has 0 radical (unpaired) electrons. The lowest BCUT2D eigenvalue weighted by molar-refractivity contribution is 0.706. The highest BCUT2D eigenvalue weighted by Crippen LogP contribution is 2.21. The van der Waals surface area contributed by atoms with Gasteiger partial charge in [0, 0.05) is 29.4 Å². The largest absolute Gasteiger partial charge is 0.324 e. The molecule has 3 heteroatoms. The summed E-state index contributed by atoms with van der Waals surface area (Å²) >= 11 is 6.09. The highest BCUT2D eigenvalue weighted by atomic mass is 35.5. The maximum atomic E-state index is 6.15. The van der Waals surface area contributed by atoms with Gasteiger partial charge in [-0.1, -0.05) is 29.8 Å². The van der Waals surface area contributed by atoms with Gasteiger partial charge in [0.1, 0.15) is 0 Å². The van der Waals surface area contributed by atoms with Crippen molar-refractivity contribution >= 4 is 11.6 Å². The zero-order valence-electron chi connectivity index (χ0n) is 9.73. The zero-order valence-corrected chi connectivity index (χ0v) is 10.5. The lowest BCUT2D eigenvalue weighted by Crippen LogP contribution is -2.14. The molecule has 1 aromatic carbocycles. The molecule has 2 rings (SSSR count). The molecule has 1 aromatic heterocycles. The van der Waals surface area contributed by atoms with Crippen LogP contribution in [-0.2, 0) is 6.42 Å². The molecule has 0 aliphatic rings. The van der Waals surface area contributed by atoms with E-state index in [0.717, 1.165) is 28.3 Å². The molecule has 1 atom stereocenters. The van der Waals surface area contributed by atoms with Gasteiger partial charge in [0.05, 0.1) is 0 Å². The van der Waals surface area contributed by atoms with Crippen LogP contribution in [0.25, 0.3) is 0 Å². The Kier molecular flexibility index (Phi) is 3.77. The molecule has 0 saturated heterocycles. The fourth-order valence-electron chi connectivity index (χ4n) is 1.70. The summed E-state index contributed by atoms with van der Waals surface area (Å²) in [6.45, 7) is 1.98. The Morgan fingerprint density at radius 1 is 1.29 bits per heavy atom. The third kappa shape index (κ3) is 3.05. The molecule has 0 saturated carbocycles. The van der Waals surface area contributed by atoms with E-state index in [-0.39, 0.29) is 6.04 Å². The summed E-state index contributed by atoms with van der Waals surface area (Å²) in [6.07, 6.45) is 2.50. The quantitative estimate of drug-likeness (QED) is 0.903. The van der Waals surface area contributed by atoms with E-state index in [1.807, 2.05) is 43.3 Å². The van der Waals surface area contributed by atoms with Gasteiger partial charge in [0.2, 0.25) is 0 Å². The SMILES string of the molecule is Cc1ccc(C(N)Cc2ccccn2)cc1Cl. The van der Waals surface area contributed by atoms with Crippen LogP contribution in [-0.4, -0.2) is 4.98 Å². The van der Waals surface area contributed by atoms with Crippen molar-refractivity contribution < 1.29 is 0 Å². The molecule has 2 aromatic rings. The predicted molar refractivity (Wildman–Crippen MR) is 71.1 cm³/mol. The Morgan fingerprint density at radius 2 is 2.12 bits per heavy atom. The number of halogens is 1. The smallest absolute Gasteiger partial charge is 0.0438 e. The van der Waals surface area contributed by atoms with E-state index < -0.39 is 0 Å². The van der Waals surface area contributed by atoms with E-state index in [1.54, 1.807) is 6.20 Å². The number of hydrogen-bond donors (Lipinski definition) is 1. The van der Waals surface area contributed by atoms with Gasteiger partial charge >= 0.3 is 0 Å². The molecule has 88 valence electrons. The highest BCUT2D eigenvalue weighted by Gasteiger charge is 2.09. The Hall–Kier alpha value is -1.38. The summed E-state index contributed by atoms with van der Waals surface area (Å²) in [4.78, 5) is 4.27. The number of nitrogens with two attached hydrogens (primary N) is 1. The van der Waals surface area contributed by atoms with Gasteiger partial charge in [0.15, 0.2) is 0 Å². The number of nitrogens with zero attached hydrogens (tertiary/aromatic N) is 1. The Labute approximate surface area is 106 Å². The van der Waals surface area contributed by atoms with Gasteiger partial charge in [-0.05, 0) is 36.2 Å². The minimum Gasteiger partial charge on any atom is -0.324 e. The van der Waals surface area contributed by atoms with Gasteiger partial charge in [0.25, 0.3) is 0 Å². The third-order valence-electron chi connectivity index (χ3n) is 2.78. The summed E-state index contributed by atoms with van der Waals surface area (Å²) in [7, 11) is 0. The second-order valence-electron chi connectivity index (χ2n) is 4.14. The molecule has 0 aliphatic carbocycles. The average Bonchev–Trinajstić information content (AvgIpc) is 2.34. The number of rotatable bonds is 3. The molecule has 0 bridgehead atoms. The number of pyridine rings is 1. The normalized spacial score (nSPS) is 12.4. The molecule has 0 aliphatic heterocycles. The van der Waals surface area contributed by atoms with Crippen LogP contribution in [0.15, 0.2) is 42.6 Å². The Balaban J connectivity index is 2.14. The van der Waals surface area contributed by atoms with E-state index in [4.69, 9.17) is 17.3 Å². The van der Waals surface area contributed by atoms with Crippen molar-refractivity contribution in [2.75, 3.05) is 0 Å². The van der Waals surface area contributed by atoms with Crippen molar-refractivity contribution in [1.29, 1.82) is 0 Å². The van der Waals surface area contributed by atoms with Crippen LogP contribution >= 0.6 is 11.6 Å². The topological polar surface area (TPSA) is 38.9 Å². The van der Waals surface area contributed by atoms with Crippen LogP contribution in [0.5, 0.6) is 0 Å². The second kappa shape index (κ2) is 5.30. The first-order chi connectivity index (χ1) is 8.16. The first-order valence-electron chi connectivity index (χ1n) is 5.58. The summed E-state index contributed by atoms with van der Waals surface area (Å²) in [5.74, 6) is 0. The summed E-state index contributed by atoms with van der Waals surface area (Å²) < 4.78 is 0. The molecule has 2 N–H and O–H groups in total. The van der Waals surface area contributed by atoms with Crippen molar-refractivity contribution in [3.8, 4) is 0 Å². The lowest BCUT2D eigenvalue weighted by Gasteiger charge is -2.12. The van der Waals surface area contributed by atoms with E-state index in [0.29, 0.717) is 0 Å². The van der Waals surface area contributed by atoms with Crippen molar-refractivity contribution in [3.05, 3.63) is 64.4 Å². The van der Waals surface area contributed by atoms with Crippen LogP contribution in [0.2, 0.25) is 5.02 Å². The zero-order chi connectivity index (χ0) is 12.3. The van der Waals surface area contributed by atoms with Crippen molar-refractivity contribution in [3.63, 3.8) is 0 Å². The highest BCUT2D eigenvalue weighted by molar-refractivity contribution is 6.31. The van der Waals surface area contributed by atoms with Gasteiger partial charge in [-0.25, -0.2) is 0 Å². The summed E-state index contributed by atoms with van der Waals surface area (Å²) in [6, 6.07) is 11.7. The molecular weight excluding hydrogens is 232 g/mol. The fraction of sp³-hybridized carbons (Fsp3) is 0.214. The number of benzene rings is 1. The summed E-state index contributed by atoms with van der Waals surface area (Å²) in [5, 5.41) is 0.763. The maximum Gasteiger partial charge on any atom is 0.0438 e. The predicted octanol–water partition coefficient (Wildman–Crippen LogP) is 3.29. The second-order valence-corrected chi connectivity index (χ2v) is 4.55.